The first-order chi connectivity index (χ1) is 9.33. The average Bonchev–Trinajstić information content (AvgIpc) is 2.41. The van der Waals surface area contributed by atoms with Crippen molar-refractivity contribution in [3.8, 4) is 0 Å². The van der Waals surface area contributed by atoms with E-state index in [9.17, 15) is 0 Å². The molecule has 0 atom stereocenters. The van der Waals surface area contributed by atoms with Gasteiger partial charge in [0.1, 0.15) is 0 Å². The van der Waals surface area contributed by atoms with Crippen LogP contribution < -0.4 is 11.1 Å². The second-order valence-electron chi connectivity index (χ2n) is 5.69. The largest absolute Gasteiger partial charge is 0.328 e. The molecule has 1 aliphatic rings. The highest BCUT2D eigenvalue weighted by Gasteiger charge is 2.24. The van der Waals surface area contributed by atoms with Crippen LogP contribution in [0.1, 0.15) is 18.4 Å². The predicted molar refractivity (Wildman–Crippen MR) is 81.2 cm³/mol. The Kier molecular flexibility index (Phi) is 3.81. The number of benzene rings is 2. The molecule has 0 amide bonds. The van der Waals surface area contributed by atoms with Gasteiger partial charge in [-0.2, -0.15) is 0 Å². The van der Waals surface area contributed by atoms with E-state index in [1.807, 2.05) is 0 Å². The van der Waals surface area contributed by atoms with Crippen LogP contribution in [-0.2, 0) is 6.42 Å². The van der Waals surface area contributed by atoms with E-state index in [-0.39, 0.29) is 0 Å². The second-order valence-corrected chi connectivity index (χ2v) is 5.69. The summed E-state index contributed by atoms with van der Waals surface area (Å²) >= 11 is 0. The van der Waals surface area contributed by atoms with Gasteiger partial charge in [-0.15, -0.1) is 0 Å². The average molecular weight is 254 g/mol. The molecule has 2 heteroatoms. The van der Waals surface area contributed by atoms with E-state index in [1.165, 1.54) is 29.2 Å². The van der Waals surface area contributed by atoms with Gasteiger partial charge in [-0.05, 0) is 54.6 Å². The number of hydrogen-bond donors (Lipinski definition) is 2. The van der Waals surface area contributed by atoms with Crippen LogP contribution >= 0.6 is 0 Å². The Morgan fingerprint density at radius 1 is 1.05 bits per heavy atom. The van der Waals surface area contributed by atoms with E-state index in [1.54, 1.807) is 0 Å². The van der Waals surface area contributed by atoms with Gasteiger partial charge in [-0.3, -0.25) is 0 Å². The summed E-state index contributed by atoms with van der Waals surface area (Å²) < 4.78 is 0. The maximum atomic E-state index is 5.80. The Balaban J connectivity index is 1.54. The first-order valence-electron chi connectivity index (χ1n) is 7.26. The molecule has 0 spiro atoms. The van der Waals surface area contributed by atoms with Crippen LogP contribution in [0, 0.1) is 5.92 Å². The van der Waals surface area contributed by atoms with Crippen molar-refractivity contribution < 1.29 is 0 Å². The third kappa shape index (κ3) is 2.96. The molecule has 3 N–H and O–H groups in total. The van der Waals surface area contributed by atoms with Crippen LogP contribution in [0.2, 0.25) is 0 Å². The Labute approximate surface area is 115 Å². The minimum Gasteiger partial charge on any atom is -0.328 e. The fourth-order valence-corrected chi connectivity index (χ4v) is 2.99. The highest BCUT2D eigenvalue weighted by Crippen LogP contribution is 2.24. The van der Waals surface area contributed by atoms with Gasteiger partial charge in [0.05, 0.1) is 0 Å². The first kappa shape index (κ1) is 12.6. The molecule has 0 aromatic heterocycles. The standard InChI is InChI=1S/C17H22N2/c18-16-10-13(11-16)12-19-9-8-15-6-3-5-14-4-1-2-7-17(14)15/h1-7,13,16,19H,8-12,18H2. The van der Waals surface area contributed by atoms with Crippen LogP contribution in [0.4, 0.5) is 0 Å². The number of fused-ring (bicyclic) bond motifs is 1. The number of hydrogen-bond acceptors (Lipinski definition) is 2. The molecule has 19 heavy (non-hydrogen) atoms. The normalized spacial score (nSPS) is 22.4. The molecule has 2 aromatic rings. The maximum Gasteiger partial charge on any atom is 0.00450 e. The van der Waals surface area contributed by atoms with Crippen LogP contribution in [0.15, 0.2) is 42.5 Å². The molecule has 100 valence electrons. The van der Waals surface area contributed by atoms with Crippen molar-refractivity contribution in [2.75, 3.05) is 13.1 Å². The van der Waals surface area contributed by atoms with E-state index in [2.05, 4.69) is 47.8 Å². The quantitative estimate of drug-likeness (QED) is 0.805. The van der Waals surface area contributed by atoms with Crippen molar-refractivity contribution >= 4 is 10.8 Å². The molecule has 0 unspecified atom stereocenters. The van der Waals surface area contributed by atoms with E-state index in [4.69, 9.17) is 5.73 Å². The summed E-state index contributed by atoms with van der Waals surface area (Å²) in [5, 5.41) is 6.29. The minimum absolute atomic E-state index is 0.463. The van der Waals surface area contributed by atoms with Gasteiger partial charge in [0.2, 0.25) is 0 Å². The van der Waals surface area contributed by atoms with Gasteiger partial charge < -0.3 is 11.1 Å². The third-order valence-corrected chi connectivity index (χ3v) is 4.16. The van der Waals surface area contributed by atoms with Gasteiger partial charge in [0, 0.05) is 6.04 Å². The minimum atomic E-state index is 0.463. The molecule has 2 nitrogen and oxygen atoms in total. The Bertz CT molecular complexity index is 538. The highest BCUT2D eigenvalue weighted by molar-refractivity contribution is 5.85. The molecular formula is C17H22N2. The SMILES string of the molecule is NC1CC(CNCCc2cccc3ccccc23)C1. The van der Waals surface area contributed by atoms with Gasteiger partial charge in [0.15, 0.2) is 0 Å². The van der Waals surface area contributed by atoms with Crippen LogP contribution in [0.3, 0.4) is 0 Å². The Hall–Kier alpha value is -1.38. The lowest BCUT2D eigenvalue weighted by Gasteiger charge is -2.32. The molecule has 3 rings (SSSR count). The lowest BCUT2D eigenvalue weighted by atomic mass is 9.81. The van der Waals surface area contributed by atoms with Crippen molar-refractivity contribution in [2.24, 2.45) is 11.7 Å². The third-order valence-electron chi connectivity index (χ3n) is 4.16. The summed E-state index contributed by atoms with van der Waals surface area (Å²) in [5.74, 6) is 0.808. The molecule has 0 heterocycles. The highest BCUT2D eigenvalue weighted by atomic mass is 14.9. The number of nitrogens with one attached hydrogen (secondary N) is 1. The molecule has 1 aliphatic carbocycles. The fraction of sp³-hybridized carbons (Fsp3) is 0.412. The van der Waals surface area contributed by atoms with Crippen LogP contribution in [-0.4, -0.2) is 19.1 Å². The monoisotopic (exact) mass is 254 g/mol. The molecule has 1 saturated carbocycles. The topological polar surface area (TPSA) is 38.0 Å². The lowest BCUT2D eigenvalue weighted by Crippen LogP contribution is -2.41. The van der Waals surface area contributed by atoms with Crippen molar-refractivity contribution in [1.82, 2.24) is 5.32 Å². The summed E-state index contributed by atoms with van der Waals surface area (Å²) in [5.41, 5.74) is 7.24. The summed E-state index contributed by atoms with van der Waals surface area (Å²) in [6.45, 7) is 2.18. The fourth-order valence-electron chi connectivity index (χ4n) is 2.99. The molecular weight excluding hydrogens is 232 g/mol. The smallest absolute Gasteiger partial charge is 0.00450 e. The zero-order chi connectivity index (χ0) is 13.1. The zero-order valence-corrected chi connectivity index (χ0v) is 11.3. The lowest BCUT2D eigenvalue weighted by molar-refractivity contribution is 0.257. The van der Waals surface area contributed by atoms with E-state index < -0.39 is 0 Å². The van der Waals surface area contributed by atoms with E-state index in [0.29, 0.717) is 6.04 Å². The van der Waals surface area contributed by atoms with Crippen LogP contribution in [0.25, 0.3) is 10.8 Å². The predicted octanol–water partition coefficient (Wildman–Crippen LogP) is 2.71. The van der Waals surface area contributed by atoms with Gasteiger partial charge in [-0.25, -0.2) is 0 Å². The summed E-state index contributed by atoms with van der Waals surface area (Å²) in [6, 6.07) is 15.7. The zero-order valence-electron chi connectivity index (χ0n) is 11.3. The van der Waals surface area contributed by atoms with Gasteiger partial charge >= 0.3 is 0 Å². The summed E-state index contributed by atoms with van der Waals surface area (Å²) in [4.78, 5) is 0. The summed E-state index contributed by atoms with van der Waals surface area (Å²) in [6.07, 6.45) is 3.49. The molecule has 0 radical (unpaired) electrons. The summed E-state index contributed by atoms with van der Waals surface area (Å²) in [7, 11) is 0. The number of nitrogens with two attached hydrogens (primary N) is 1. The molecule has 1 fully saturated rings. The maximum absolute atomic E-state index is 5.80. The van der Waals surface area contributed by atoms with Gasteiger partial charge in [-0.1, -0.05) is 42.5 Å². The Morgan fingerprint density at radius 2 is 1.84 bits per heavy atom. The van der Waals surface area contributed by atoms with E-state index >= 15 is 0 Å². The van der Waals surface area contributed by atoms with Crippen molar-refractivity contribution in [1.29, 1.82) is 0 Å². The number of rotatable bonds is 5. The Morgan fingerprint density at radius 3 is 2.68 bits per heavy atom. The molecule has 0 bridgehead atoms. The van der Waals surface area contributed by atoms with Crippen molar-refractivity contribution in [3.05, 3.63) is 48.0 Å². The first-order valence-corrected chi connectivity index (χ1v) is 7.26. The van der Waals surface area contributed by atoms with Crippen molar-refractivity contribution in [3.63, 3.8) is 0 Å². The molecule has 0 aliphatic heterocycles. The molecule has 0 saturated heterocycles. The van der Waals surface area contributed by atoms with E-state index in [0.717, 1.165) is 25.4 Å². The van der Waals surface area contributed by atoms with Gasteiger partial charge in [0.25, 0.3) is 0 Å². The van der Waals surface area contributed by atoms with Crippen LogP contribution in [0.5, 0.6) is 0 Å². The van der Waals surface area contributed by atoms with Crippen molar-refractivity contribution in [2.45, 2.75) is 25.3 Å². The second kappa shape index (κ2) is 5.72. The molecule has 2 aromatic carbocycles.